The van der Waals surface area contributed by atoms with Crippen LogP contribution in [0.15, 0.2) is 48.5 Å². The van der Waals surface area contributed by atoms with Gasteiger partial charge < -0.3 is 5.11 Å². The van der Waals surface area contributed by atoms with Crippen molar-refractivity contribution in [2.45, 2.75) is 49.5 Å². The molecule has 2 atom stereocenters. The van der Waals surface area contributed by atoms with Gasteiger partial charge in [0.1, 0.15) is 0 Å². The zero-order chi connectivity index (χ0) is 19.8. The van der Waals surface area contributed by atoms with Crippen LogP contribution in [0.1, 0.15) is 44.2 Å². The second kappa shape index (κ2) is 7.10. The van der Waals surface area contributed by atoms with E-state index in [-0.39, 0.29) is 17.8 Å². The number of nitrogens with zero attached hydrogens (tertiary/aromatic N) is 1. The van der Waals surface area contributed by atoms with Crippen LogP contribution in [-0.4, -0.2) is 15.7 Å². The van der Waals surface area contributed by atoms with E-state index < -0.39 is 5.60 Å². The number of hydrogen-bond donors (Lipinski definition) is 1. The summed E-state index contributed by atoms with van der Waals surface area (Å²) in [6.07, 6.45) is 6.31. The van der Waals surface area contributed by atoms with Gasteiger partial charge >= 0.3 is 0 Å². The molecule has 2 aromatic carbocycles. The average Bonchev–Trinajstić information content (AvgIpc) is 2.66. The third kappa shape index (κ3) is 3.15. The maximum absolute atomic E-state index is 11.2. The number of fused-ring (bicyclic) bond motifs is 1. The van der Waals surface area contributed by atoms with Crippen LogP contribution in [0.25, 0.3) is 22.0 Å². The fourth-order valence-corrected chi connectivity index (χ4v) is 7.30. The minimum Gasteiger partial charge on any atom is -0.390 e. The molecule has 0 spiro atoms. The van der Waals surface area contributed by atoms with Crippen LogP contribution in [0.4, 0.5) is 0 Å². The molecule has 4 aliphatic carbocycles. The lowest BCUT2D eigenvalue weighted by atomic mass is 9.47. The summed E-state index contributed by atoms with van der Waals surface area (Å²) >= 11 is 12.9. The van der Waals surface area contributed by atoms with Crippen molar-refractivity contribution in [3.05, 3.63) is 64.3 Å². The molecule has 5 heteroatoms. The van der Waals surface area contributed by atoms with Crippen LogP contribution < -0.4 is 0 Å². The molecule has 156 valence electrons. The van der Waals surface area contributed by atoms with E-state index in [0.29, 0.717) is 16.9 Å². The van der Waals surface area contributed by atoms with Crippen molar-refractivity contribution in [1.82, 2.24) is 4.98 Å². The predicted octanol–water partition coefficient (Wildman–Crippen LogP) is 7.21. The van der Waals surface area contributed by atoms with E-state index in [4.69, 9.17) is 28.2 Å². The highest BCUT2D eigenvalue weighted by molar-refractivity contribution is 6.34. The number of benzene rings is 2. The quantitative estimate of drug-likeness (QED) is 0.438. The zero-order valence-electron chi connectivity index (χ0n) is 16.6. The van der Waals surface area contributed by atoms with Crippen LogP contribution >= 0.6 is 35.6 Å². The molecule has 4 saturated carbocycles. The molecule has 7 rings (SSSR count). The number of halogens is 3. The number of pyridine rings is 1. The Hall–Kier alpha value is -1.32. The monoisotopic (exact) mass is 459 g/mol. The van der Waals surface area contributed by atoms with Gasteiger partial charge in [-0.3, -0.25) is 4.98 Å². The maximum atomic E-state index is 11.2. The van der Waals surface area contributed by atoms with Crippen LogP contribution in [0.2, 0.25) is 10.0 Å². The van der Waals surface area contributed by atoms with Crippen molar-refractivity contribution in [2.24, 2.45) is 11.8 Å². The molecule has 2 nitrogen and oxygen atoms in total. The van der Waals surface area contributed by atoms with Crippen molar-refractivity contribution in [1.29, 1.82) is 0 Å². The summed E-state index contributed by atoms with van der Waals surface area (Å²) in [5.41, 5.74) is 3.63. The first-order valence-electron chi connectivity index (χ1n) is 10.5. The fourth-order valence-electron chi connectivity index (χ4n) is 6.89. The third-order valence-corrected chi connectivity index (χ3v) is 8.07. The summed E-state index contributed by atoms with van der Waals surface area (Å²) < 4.78 is 0. The van der Waals surface area contributed by atoms with Crippen LogP contribution in [0.3, 0.4) is 0 Å². The Balaban J connectivity index is 0.00000193. The van der Waals surface area contributed by atoms with Gasteiger partial charge in [-0.25, -0.2) is 0 Å². The van der Waals surface area contributed by atoms with Gasteiger partial charge in [-0.05, 0) is 86.3 Å². The summed E-state index contributed by atoms with van der Waals surface area (Å²) in [7, 11) is 0. The molecule has 0 saturated heterocycles. The Kier molecular flexibility index (Phi) is 4.87. The van der Waals surface area contributed by atoms with Crippen molar-refractivity contribution >= 4 is 46.5 Å². The van der Waals surface area contributed by atoms with E-state index in [1.165, 1.54) is 6.42 Å². The minimum absolute atomic E-state index is 0. The standard InChI is InChI=1S/C25H23Cl2NO.ClH/c26-17-5-6-22-20(8-17)19(18-3-1-2-4-21(18)27)9-23(28-22)24-10-15-7-16(11-24)13-25(29,12-15)14-24;/h1-6,8-9,15-16,29H,7,10-14H2;1H. The largest absolute Gasteiger partial charge is 0.390 e. The molecule has 0 radical (unpaired) electrons. The lowest BCUT2D eigenvalue weighted by Gasteiger charge is -2.60. The van der Waals surface area contributed by atoms with Crippen molar-refractivity contribution in [3.63, 3.8) is 0 Å². The maximum Gasteiger partial charge on any atom is 0.0712 e. The van der Waals surface area contributed by atoms with Gasteiger partial charge in [-0.15, -0.1) is 12.4 Å². The van der Waals surface area contributed by atoms with Crippen molar-refractivity contribution in [3.8, 4) is 11.1 Å². The van der Waals surface area contributed by atoms with Crippen molar-refractivity contribution < 1.29 is 5.11 Å². The van der Waals surface area contributed by atoms with Gasteiger partial charge in [0, 0.05) is 32.1 Å². The molecule has 0 aliphatic heterocycles. The predicted molar refractivity (Wildman–Crippen MR) is 126 cm³/mol. The molecule has 4 bridgehead atoms. The molecule has 0 amide bonds. The lowest BCUT2D eigenvalue weighted by molar-refractivity contribution is -0.137. The Bertz CT molecular complexity index is 1130. The molecule has 1 heterocycles. The SMILES string of the molecule is Cl.OC12CC3CC(C1)CC(c1cc(-c4ccccc4Cl)c4cc(Cl)ccc4n1)(C3)C2. The van der Waals surface area contributed by atoms with E-state index in [0.717, 1.165) is 64.9 Å². The zero-order valence-corrected chi connectivity index (χ0v) is 18.9. The molecule has 3 aromatic rings. The second-order valence-corrected chi connectivity index (χ2v) is 10.5. The lowest BCUT2D eigenvalue weighted by Crippen LogP contribution is -2.57. The van der Waals surface area contributed by atoms with Crippen LogP contribution in [0, 0.1) is 11.8 Å². The first-order chi connectivity index (χ1) is 13.9. The van der Waals surface area contributed by atoms with E-state index in [1.807, 2.05) is 36.4 Å². The summed E-state index contributed by atoms with van der Waals surface area (Å²) in [6, 6.07) is 16.1. The molecule has 4 fully saturated rings. The molecule has 1 N–H and O–H groups in total. The van der Waals surface area contributed by atoms with Gasteiger partial charge in [0.05, 0.1) is 11.1 Å². The van der Waals surface area contributed by atoms with Gasteiger partial charge in [0.2, 0.25) is 0 Å². The number of aromatic nitrogens is 1. The summed E-state index contributed by atoms with van der Waals surface area (Å²) in [6.45, 7) is 0. The Morgan fingerprint density at radius 3 is 2.33 bits per heavy atom. The number of aliphatic hydroxyl groups is 1. The highest BCUT2D eigenvalue weighted by Gasteiger charge is 2.58. The normalized spacial score (nSPS) is 31.7. The first kappa shape index (κ1) is 20.6. The second-order valence-electron chi connectivity index (χ2n) is 9.66. The Labute approximate surface area is 193 Å². The molecular weight excluding hydrogens is 437 g/mol. The van der Waals surface area contributed by atoms with E-state index in [9.17, 15) is 5.11 Å². The summed E-state index contributed by atoms with van der Waals surface area (Å²) in [4.78, 5) is 5.14. The van der Waals surface area contributed by atoms with E-state index >= 15 is 0 Å². The van der Waals surface area contributed by atoms with Gasteiger partial charge in [-0.1, -0.05) is 41.4 Å². The Morgan fingerprint density at radius 1 is 0.900 bits per heavy atom. The topological polar surface area (TPSA) is 33.1 Å². The smallest absolute Gasteiger partial charge is 0.0712 e. The highest BCUT2D eigenvalue weighted by atomic mass is 35.5. The average molecular weight is 461 g/mol. The minimum atomic E-state index is -0.509. The number of hydrogen-bond acceptors (Lipinski definition) is 2. The summed E-state index contributed by atoms with van der Waals surface area (Å²) in [5, 5.41) is 13.7. The molecule has 2 unspecified atom stereocenters. The molecular formula is C25H24Cl3NO. The first-order valence-corrected chi connectivity index (χ1v) is 11.3. The van der Waals surface area contributed by atoms with E-state index in [2.05, 4.69) is 12.1 Å². The molecule has 30 heavy (non-hydrogen) atoms. The fraction of sp³-hybridized carbons (Fsp3) is 0.400. The van der Waals surface area contributed by atoms with E-state index in [1.54, 1.807) is 0 Å². The summed E-state index contributed by atoms with van der Waals surface area (Å²) in [5.74, 6) is 1.24. The number of rotatable bonds is 2. The van der Waals surface area contributed by atoms with Crippen LogP contribution in [0.5, 0.6) is 0 Å². The van der Waals surface area contributed by atoms with Gasteiger partial charge in [0.25, 0.3) is 0 Å². The van der Waals surface area contributed by atoms with Crippen LogP contribution in [-0.2, 0) is 5.41 Å². The van der Waals surface area contributed by atoms with Crippen molar-refractivity contribution in [2.75, 3.05) is 0 Å². The molecule has 1 aromatic heterocycles. The molecule has 4 aliphatic rings. The highest BCUT2D eigenvalue weighted by Crippen LogP contribution is 2.62. The van der Waals surface area contributed by atoms with Gasteiger partial charge in [0.15, 0.2) is 0 Å². The third-order valence-electron chi connectivity index (χ3n) is 7.51. The Morgan fingerprint density at radius 2 is 1.63 bits per heavy atom. The van der Waals surface area contributed by atoms with Gasteiger partial charge in [-0.2, -0.15) is 0 Å².